The van der Waals surface area contributed by atoms with E-state index in [-0.39, 0.29) is 11.2 Å². The van der Waals surface area contributed by atoms with Crippen LogP contribution in [0.5, 0.6) is 0 Å². The lowest BCUT2D eigenvalue weighted by Crippen LogP contribution is -2.18. The molecule has 2 nitrogen and oxygen atoms in total. The van der Waals surface area contributed by atoms with E-state index < -0.39 is 12.0 Å². The van der Waals surface area contributed by atoms with E-state index in [4.69, 9.17) is 7.85 Å². The van der Waals surface area contributed by atoms with Gasteiger partial charge in [-0.25, -0.2) is 9.97 Å². The molecule has 0 unspecified atom stereocenters. The number of rotatable bonds is 0. The fourth-order valence-electron chi connectivity index (χ4n) is 0.613. The van der Waals surface area contributed by atoms with Gasteiger partial charge in [0, 0.05) is 11.9 Å². The Hall–Kier alpha value is -1.07. The van der Waals surface area contributed by atoms with Crippen molar-refractivity contribution >= 4 is 13.3 Å². The Morgan fingerprint density at radius 2 is 2.00 bits per heavy atom. The normalized spacial score (nSPS) is 11.7. The molecular formula is C6H4BF3N2. The molecule has 2 radical (unpaired) electrons. The first-order chi connectivity index (χ1) is 5.41. The molecule has 0 aliphatic carbocycles. The van der Waals surface area contributed by atoms with E-state index in [0.717, 1.165) is 6.20 Å². The maximum atomic E-state index is 11.9. The van der Waals surface area contributed by atoms with Crippen molar-refractivity contribution in [1.29, 1.82) is 0 Å². The van der Waals surface area contributed by atoms with Gasteiger partial charge < -0.3 is 0 Å². The van der Waals surface area contributed by atoms with Gasteiger partial charge >= 0.3 is 6.18 Å². The van der Waals surface area contributed by atoms with E-state index in [1.807, 2.05) is 0 Å². The van der Waals surface area contributed by atoms with Crippen LogP contribution in [0.15, 0.2) is 6.20 Å². The lowest BCUT2D eigenvalue weighted by Gasteiger charge is -2.05. The van der Waals surface area contributed by atoms with Crippen LogP contribution in [0.2, 0.25) is 0 Å². The van der Waals surface area contributed by atoms with Crippen molar-refractivity contribution in [3.63, 3.8) is 0 Å². The van der Waals surface area contributed by atoms with Gasteiger partial charge in [0.1, 0.15) is 7.85 Å². The average Bonchev–Trinajstić information content (AvgIpc) is 1.92. The molecule has 0 N–H and O–H groups in total. The summed E-state index contributed by atoms with van der Waals surface area (Å²) in [4.78, 5) is 6.23. The third-order valence-corrected chi connectivity index (χ3v) is 1.27. The highest BCUT2D eigenvalue weighted by Gasteiger charge is 2.34. The Bertz CT molecular complexity index is 297. The summed E-state index contributed by atoms with van der Waals surface area (Å²) in [5.41, 5.74) is 0.292. The fraction of sp³-hybridized carbons (Fsp3) is 0.333. The van der Waals surface area contributed by atoms with E-state index in [1.54, 1.807) is 0 Å². The standard InChI is InChI=1S/C6H4BF3N2/c1-3-4(7)2-11-5(12-3)6(8,9)10/h2H,1H3. The molecule has 1 heterocycles. The zero-order chi connectivity index (χ0) is 9.35. The maximum Gasteiger partial charge on any atom is 0.451 e. The molecule has 6 heteroatoms. The summed E-state index contributed by atoms with van der Waals surface area (Å²) in [5, 5.41) is 0. The van der Waals surface area contributed by atoms with E-state index in [1.165, 1.54) is 6.92 Å². The minimum Gasteiger partial charge on any atom is -0.234 e. The first-order valence-corrected chi connectivity index (χ1v) is 3.07. The van der Waals surface area contributed by atoms with Crippen molar-refractivity contribution in [3.05, 3.63) is 17.7 Å². The molecule has 1 rings (SSSR count). The van der Waals surface area contributed by atoms with Crippen molar-refractivity contribution in [1.82, 2.24) is 9.97 Å². The number of alkyl halides is 3. The molecule has 0 bridgehead atoms. The second-order valence-corrected chi connectivity index (χ2v) is 2.23. The van der Waals surface area contributed by atoms with E-state index in [2.05, 4.69) is 9.97 Å². The molecule has 0 spiro atoms. The zero-order valence-electron chi connectivity index (χ0n) is 6.18. The van der Waals surface area contributed by atoms with Crippen LogP contribution in [0, 0.1) is 6.92 Å². The molecule has 0 fully saturated rings. The van der Waals surface area contributed by atoms with Crippen molar-refractivity contribution in [2.45, 2.75) is 13.1 Å². The van der Waals surface area contributed by atoms with Crippen LogP contribution in [0.1, 0.15) is 11.5 Å². The van der Waals surface area contributed by atoms with Crippen LogP contribution >= 0.6 is 0 Å². The van der Waals surface area contributed by atoms with Gasteiger partial charge in [-0.05, 0) is 6.92 Å². The molecule has 0 aliphatic heterocycles. The Balaban J connectivity index is 3.14. The van der Waals surface area contributed by atoms with Crippen LogP contribution in [0.4, 0.5) is 13.2 Å². The summed E-state index contributed by atoms with van der Waals surface area (Å²) in [5.74, 6) is -1.16. The van der Waals surface area contributed by atoms with E-state index in [9.17, 15) is 13.2 Å². The van der Waals surface area contributed by atoms with Gasteiger partial charge in [-0.3, -0.25) is 0 Å². The van der Waals surface area contributed by atoms with Gasteiger partial charge in [-0.15, -0.1) is 0 Å². The topological polar surface area (TPSA) is 25.8 Å². The Labute approximate surface area is 68.2 Å². The third kappa shape index (κ3) is 1.75. The summed E-state index contributed by atoms with van der Waals surface area (Å²) < 4.78 is 35.8. The molecular weight excluding hydrogens is 168 g/mol. The summed E-state index contributed by atoms with van der Waals surface area (Å²) in [6.45, 7) is 1.40. The largest absolute Gasteiger partial charge is 0.451 e. The molecule has 1 aromatic heterocycles. The molecule has 0 amide bonds. The molecule has 12 heavy (non-hydrogen) atoms. The molecule has 1 aromatic rings. The Kier molecular flexibility index (Phi) is 2.08. The van der Waals surface area contributed by atoms with Gasteiger partial charge in [0.2, 0.25) is 5.82 Å². The molecule has 0 saturated heterocycles. The predicted octanol–water partition coefficient (Wildman–Crippen LogP) is 0.598. The summed E-state index contributed by atoms with van der Waals surface area (Å²) in [7, 11) is 5.24. The predicted molar refractivity (Wildman–Crippen MR) is 37.2 cm³/mol. The average molecular weight is 172 g/mol. The first-order valence-electron chi connectivity index (χ1n) is 3.07. The van der Waals surface area contributed by atoms with Gasteiger partial charge in [0.25, 0.3) is 0 Å². The number of aromatic nitrogens is 2. The SMILES string of the molecule is [B]c1cnc(C(F)(F)F)nc1C. The number of aryl methyl sites for hydroxylation is 1. The molecule has 0 aromatic carbocycles. The third-order valence-electron chi connectivity index (χ3n) is 1.27. The second-order valence-electron chi connectivity index (χ2n) is 2.23. The highest BCUT2D eigenvalue weighted by molar-refractivity contribution is 6.32. The summed E-state index contributed by atoms with van der Waals surface area (Å²) >= 11 is 0. The van der Waals surface area contributed by atoms with Crippen LogP contribution in [0.3, 0.4) is 0 Å². The monoisotopic (exact) mass is 172 g/mol. The van der Waals surface area contributed by atoms with Crippen molar-refractivity contribution in [3.8, 4) is 0 Å². The minimum absolute atomic E-state index is 0.136. The minimum atomic E-state index is -4.50. The molecule has 0 aliphatic rings. The summed E-state index contributed by atoms with van der Waals surface area (Å²) in [6.07, 6.45) is -3.55. The first kappa shape index (κ1) is 9.03. The van der Waals surface area contributed by atoms with Gasteiger partial charge in [0.05, 0.1) is 0 Å². The highest BCUT2D eigenvalue weighted by atomic mass is 19.4. The number of halogens is 3. The molecule has 0 saturated carbocycles. The van der Waals surface area contributed by atoms with Gasteiger partial charge in [-0.1, -0.05) is 5.46 Å². The smallest absolute Gasteiger partial charge is 0.234 e. The van der Waals surface area contributed by atoms with Crippen LogP contribution < -0.4 is 5.46 Å². The van der Waals surface area contributed by atoms with Crippen LogP contribution in [-0.2, 0) is 6.18 Å². The zero-order valence-corrected chi connectivity index (χ0v) is 6.18. The van der Waals surface area contributed by atoms with Crippen molar-refractivity contribution in [2.75, 3.05) is 0 Å². The number of hydrogen-bond donors (Lipinski definition) is 0. The van der Waals surface area contributed by atoms with Gasteiger partial charge in [-0.2, -0.15) is 13.2 Å². The Morgan fingerprint density at radius 1 is 1.42 bits per heavy atom. The number of hydrogen-bond acceptors (Lipinski definition) is 2. The maximum absolute atomic E-state index is 11.9. The van der Waals surface area contributed by atoms with Crippen LogP contribution in [0.25, 0.3) is 0 Å². The fourth-order valence-corrected chi connectivity index (χ4v) is 0.613. The van der Waals surface area contributed by atoms with Crippen LogP contribution in [-0.4, -0.2) is 17.8 Å². The van der Waals surface area contributed by atoms with E-state index in [0.29, 0.717) is 0 Å². The quantitative estimate of drug-likeness (QED) is 0.535. The molecule has 62 valence electrons. The highest BCUT2D eigenvalue weighted by Crippen LogP contribution is 2.24. The van der Waals surface area contributed by atoms with E-state index >= 15 is 0 Å². The molecule has 0 atom stereocenters. The summed E-state index contributed by atoms with van der Waals surface area (Å²) in [6, 6.07) is 0. The van der Waals surface area contributed by atoms with Crippen molar-refractivity contribution in [2.24, 2.45) is 0 Å². The number of nitrogens with zero attached hydrogens (tertiary/aromatic N) is 2. The second kappa shape index (κ2) is 2.77. The lowest BCUT2D eigenvalue weighted by molar-refractivity contribution is -0.145. The van der Waals surface area contributed by atoms with Gasteiger partial charge in [0.15, 0.2) is 0 Å². The Morgan fingerprint density at radius 3 is 2.42 bits per heavy atom. The lowest BCUT2D eigenvalue weighted by atomic mass is 9.97. The van der Waals surface area contributed by atoms with Crippen molar-refractivity contribution < 1.29 is 13.2 Å².